The van der Waals surface area contributed by atoms with E-state index < -0.39 is 12.6 Å². The molecule has 0 fully saturated rings. The summed E-state index contributed by atoms with van der Waals surface area (Å²) in [4.78, 5) is 0. The van der Waals surface area contributed by atoms with Gasteiger partial charge in [0.15, 0.2) is 0 Å². The molecule has 1 heterocycles. The second kappa shape index (κ2) is 4.59. The fourth-order valence-electron chi connectivity index (χ4n) is 2.15. The molecule has 1 aliphatic rings. The van der Waals surface area contributed by atoms with Gasteiger partial charge in [0.2, 0.25) is 0 Å². The first-order valence-electron chi connectivity index (χ1n) is 5.89. The van der Waals surface area contributed by atoms with Crippen molar-refractivity contribution >= 4 is 5.69 Å². The number of anilines is 1. The lowest BCUT2D eigenvalue weighted by Crippen LogP contribution is -2.22. The molecule has 1 N–H and O–H groups in total. The summed E-state index contributed by atoms with van der Waals surface area (Å²) in [5.41, 5.74) is 2.99. The molecule has 1 nitrogen and oxygen atoms in total. The highest BCUT2D eigenvalue weighted by atomic mass is 19.4. The van der Waals surface area contributed by atoms with Crippen LogP contribution in [-0.4, -0.2) is 12.2 Å². The molecule has 1 atom stereocenters. The van der Waals surface area contributed by atoms with E-state index in [0.29, 0.717) is 6.04 Å². The lowest BCUT2D eigenvalue weighted by molar-refractivity contribution is -0.133. The molecule has 1 aromatic carbocycles. The lowest BCUT2D eigenvalue weighted by Gasteiger charge is -2.24. The predicted molar refractivity (Wildman–Crippen MR) is 62.2 cm³/mol. The van der Waals surface area contributed by atoms with E-state index in [-0.39, 0.29) is 6.42 Å². The average Bonchev–Trinajstić information content (AvgIpc) is 2.25. The smallest absolute Gasteiger partial charge is 0.382 e. The maximum absolute atomic E-state index is 12.1. The van der Waals surface area contributed by atoms with Crippen LogP contribution in [0.25, 0.3) is 0 Å². The van der Waals surface area contributed by atoms with Crippen LogP contribution in [-0.2, 0) is 12.8 Å². The number of nitrogens with one attached hydrogen (secondary N) is 1. The summed E-state index contributed by atoms with van der Waals surface area (Å²) >= 11 is 0. The van der Waals surface area contributed by atoms with Crippen molar-refractivity contribution in [2.24, 2.45) is 0 Å². The number of fused-ring (bicyclic) bond motifs is 1. The highest BCUT2D eigenvalue weighted by Crippen LogP contribution is 2.28. The van der Waals surface area contributed by atoms with Gasteiger partial charge in [-0.3, -0.25) is 0 Å². The van der Waals surface area contributed by atoms with E-state index in [1.54, 1.807) is 6.07 Å². The molecular formula is C13H16F3N. The lowest BCUT2D eigenvalue weighted by atomic mass is 9.96. The molecule has 1 unspecified atom stereocenters. The zero-order chi connectivity index (χ0) is 12.5. The van der Waals surface area contributed by atoms with E-state index in [4.69, 9.17) is 0 Å². The van der Waals surface area contributed by atoms with Crippen LogP contribution < -0.4 is 5.32 Å². The minimum Gasteiger partial charge on any atom is -0.382 e. The Morgan fingerprint density at radius 3 is 2.82 bits per heavy atom. The molecule has 2 rings (SSSR count). The van der Waals surface area contributed by atoms with Crippen molar-refractivity contribution in [3.63, 3.8) is 0 Å². The summed E-state index contributed by atoms with van der Waals surface area (Å²) in [5, 5.41) is 3.34. The number of alkyl halides is 3. The molecule has 4 heteroatoms. The third-order valence-corrected chi connectivity index (χ3v) is 3.12. The van der Waals surface area contributed by atoms with Gasteiger partial charge in [0.05, 0.1) is 0 Å². The molecule has 0 aromatic heterocycles. The topological polar surface area (TPSA) is 12.0 Å². The van der Waals surface area contributed by atoms with E-state index in [1.165, 1.54) is 0 Å². The number of aryl methyl sites for hydroxylation is 2. The third-order valence-electron chi connectivity index (χ3n) is 3.12. The summed E-state index contributed by atoms with van der Waals surface area (Å²) < 4.78 is 36.4. The van der Waals surface area contributed by atoms with Gasteiger partial charge in [-0.25, -0.2) is 0 Å². The van der Waals surface area contributed by atoms with E-state index >= 15 is 0 Å². The molecule has 0 saturated carbocycles. The maximum Gasteiger partial charge on any atom is 0.389 e. The van der Waals surface area contributed by atoms with Crippen LogP contribution in [0.3, 0.4) is 0 Å². The highest BCUT2D eigenvalue weighted by molar-refractivity contribution is 5.55. The van der Waals surface area contributed by atoms with Crippen LogP contribution in [0.1, 0.15) is 30.9 Å². The van der Waals surface area contributed by atoms with Gasteiger partial charge in [0, 0.05) is 18.2 Å². The Hall–Kier alpha value is -1.19. The van der Waals surface area contributed by atoms with Crippen molar-refractivity contribution in [3.8, 4) is 0 Å². The first-order valence-corrected chi connectivity index (χ1v) is 5.89. The zero-order valence-electron chi connectivity index (χ0n) is 9.77. The molecule has 94 valence electrons. The van der Waals surface area contributed by atoms with Gasteiger partial charge in [-0.2, -0.15) is 13.2 Å². The second-order valence-electron chi connectivity index (χ2n) is 4.69. The summed E-state index contributed by atoms with van der Waals surface area (Å²) in [6.45, 7) is 2.11. The summed E-state index contributed by atoms with van der Waals surface area (Å²) in [6.07, 6.45) is -2.75. The van der Waals surface area contributed by atoms with Crippen LogP contribution in [0.15, 0.2) is 18.2 Å². The van der Waals surface area contributed by atoms with Gasteiger partial charge in [0.1, 0.15) is 0 Å². The Kier molecular flexibility index (Phi) is 3.31. The van der Waals surface area contributed by atoms with Gasteiger partial charge in [0.25, 0.3) is 0 Å². The highest BCUT2D eigenvalue weighted by Gasteiger charge is 2.26. The Labute approximate surface area is 99.0 Å². The van der Waals surface area contributed by atoms with Crippen molar-refractivity contribution in [1.82, 2.24) is 0 Å². The summed E-state index contributed by atoms with van der Waals surface area (Å²) in [5.74, 6) is 0. The summed E-state index contributed by atoms with van der Waals surface area (Å²) in [6, 6.07) is 6.04. The number of halogens is 3. The largest absolute Gasteiger partial charge is 0.389 e. The quantitative estimate of drug-likeness (QED) is 0.829. The fourth-order valence-corrected chi connectivity index (χ4v) is 2.15. The zero-order valence-corrected chi connectivity index (χ0v) is 9.77. The minimum atomic E-state index is -4.07. The predicted octanol–water partition coefficient (Wildman–Crippen LogP) is 3.93. The molecular weight excluding hydrogens is 227 g/mol. The Balaban J connectivity index is 2.06. The maximum atomic E-state index is 12.1. The van der Waals surface area contributed by atoms with Crippen LogP contribution in [0.4, 0.5) is 18.9 Å². The Bertz CT molecular complexity index is 398. The van der Waals surface area contributed by atoms with Crippen LogP contribution in [0.2, 0.25) is 0 Å². The minimum absolute atomic E-state index is 0.0757. The van der Waals surface area contributed by atoms with Gasteiger partial charge < -0.3 is 5.32 Å². The average molecular weight is 243 g/mol. The van der Waals surface area contributed by atoms with E-state index in [9.17, 15) is 13.2 Å². The van der Waals surface area contributed by atoms with Crippen molar-refractivity contribution < 1.29 is 13.2 Å². The fraction of sp³-hybridized carbons (Fsp3) is 0.538. The first-order chi connectivity index (χ1) is 7.94. The summed E-state index contributed by atoms with van der Waals surface area (Å²) in [7, 11) is 0. The molecule has 1 aliphatic heterocycles. The van der Waals surface area contributed by atoms with Crippen molar-refractivity contribution in [2.75, 3.05) is 5.32 Å². The van der Waals surface area contributed by atoms with Gasteiger partial charge in [-0.15, -0.1) is 0 Å². The van der Waals surface area contributed by atoms with Crippen molar-refractivity contribution in [3.05, 3.63) is 29.3 Å². The standard InChI is InChI=1S/C13H16F3N/c1-9-2-4-11-8-10(3-5-12(11)17-9)6-7-13(14,15)16/h3,5,8-9,17H,2,4,6-7H2,1H3. The molecule has 0 amide bonds. The van der Waals surface area contributed by atoms with Crippen LogP contribution in [0.5, 0.6) is 0 Å². The van der Waals surface area contributed by atoms with Gasteiger partial charge in [-0.05, 0) is 43.4 Å². The second-order valence-corrected chi connectivity index (χ2v) is 4.69. The Morgan fingerprint density at radius 2 is 2.12 bits per heavy atom. The van der Waals surface area contributed by atoms with Crippen molar-refractivity contribution in [1.29, 1.82) is 0 Å². The van der Waals surface area contributed by atoms with Gasteiger partial charge >= 0.3 is 6.18 Å². The van der Waals surface area contributed by atoms with E-state index in [2.05, 4.69) is 12.2 Å². The normalized spacial score (nSPS) is 19.6. The number of benzene rings is 1. The monoisotopic (exact) mass is 243 g/mol. The molecule has 0 radical (unpaired) electrons. The number of hydrogen-bond acceptors (Lipinski definition) is 1. The SMILES string of the molecule is CC1CCc2cc(CCC(F)(F)F)ccc2N1. The van der Waals surface area contributed by atoms with Crippen molar-refractivity contribution in [2.45, 2.75) is 44.8 Å². The van der Waals surface area contributed by atoms with Crippen LogP contribution >= 0.6 is 0 Å². The number of rotatable bonds is 2. The Morgan fingerprint density at radius 1 is 1.35 bits per heavy atom. The molecule has 0 saturated heterocycles. The molecule has 0 spiro atoms. The molecule has 0 aliphatic carbocycles. The molecule has 1 aromatic rings. The molecule has 17 heavy (non-hydrogen) atoms. The molecule has 0 bridgehead atoms. The van der Waals surface area contributed by atoms with E-state index in [0.717, 1.165) is 29.7 Å². The van der Waals surface area contributed by atoms with E-state index in [1.807, 2.05) is 12.1 Å². The third kappa shape index (κ3) is 3.38. The number of hydrogen-bond donors (Lipinski definition) is 1. The first kappa shape index (κ1) is 12.3. The van der Waals surface area contributed by atoms with Crippen LogP contribution in [0, 0.1) is 0 Å². The van der Waals surface area contributed by atoms with Gasteiger partial charge in [-0.1, -0.05) is 12.1 Å².